The molecule has 0 aromatic carbocycles. The Balaban J connectivity index is 2.22. The van der Waals surface area contributed by atoms with Crippen LogP contribution in [0.1, 0.15) is 44.9 Å². The van der Waals surface area contributed by atoms with Crippen molar-refractivity contribution < 1.29 is 0 Å². The molecule has 0 fully saturated rings. The first-order valence-electron chi connectivity index (χ1n) is 4.70. The van der Waals surface area contributed by atoms with Crippen molar-refractivity contribution in [3.8, 4) is 0 Å². The average Bonchev–Trinajstić information content (AvgIpc) is 2.08. The van der Waals surface area contributed by atoms with Gasteiger partial charge in [-0.1, -0.05) is 31.1 Å². The molecule has 0 atom stereocenters. The van der Waals surface area contributed by atoms with Crippen LogP contribution >= 0.6 is 0 Å². The zero-order chi connectivity index (χ0) is 7.78. The molecule has 0 heterocycles. The van der Waals surface area contributed by atoms with E-state index in [-0.39, 0.29) is 0 Å². The monoisotopic (exact) mass is 149 g/mol. The summed E-state index contributed by atoms with van der Waals surface area (Å²) in [4.78, 5) is 0. The summed E-state index contributed by atoms with van der Waals surface area (Å²) in [6.07, 6.45) is 19.0. The second-order valence-electron chi connectivity index (χ2n) is 3.07. The number of allylic oxidation sites excluding steroid dienone is 4. The van der Waals surface area contributed by atoms with Gasteiger partial charge in [0.1, 0.15) is 0 Å². The van der Waals surface area contributed by atoms with Gasteiger partial charge in [0.25, 0.3) is 0 Å². The van der Waals surface area contributed by atoms with Crippen LogP contribution < -0.4 is 0 Å². The zero-order valence-electron chi connectivity index (χ0n) is 7.18. The lowest BCUT2D eigenvalue weighted by molar-refractivity contribution is 0.649. The predicted octanol–water partition coefficient (Wildman–Crippen LogP) is 3.65. The molecule has 0 aliphatic heterocycles. The third-order valence-corrected chi connectivity index (χ3v) is 2.01. The molecule has 0 N–H and O–H groups in total. The van der Waals surface area contributed by atoms with Crippen LogP contribution in [0.25, 0.3) is 0 Å². The van der Waals surface area contributed by atoms with Gasteiger partial charge in [-0.2, -0.15) is 0 Å². The van der Waals surface area contributed by atoms with Crippen LogP contribution in [-0.4, -0.2) is 0 Å². The fraction of sp³-hybridized carbons (Fsp3) is 0.636. The van der Waals surface area contributed by atoms with Gasteiger partial charge in [0.15, 0.2) is 0 Å². The third kappa shape index (κ3) is 4.83. The third-order valence-electron chi connectivity index (χ3n) is 2.01. The molecule has 0 spiro atoms. The van der Waals surface area contributed by atoms with Crippen LogP contribution in [0.15, 0.2) is 18.2 Å². The first-order valence-corrected chi connectivity index (χ1v) is 4.70. The molecule has 0 amide bonds. The molecule has 1 radical (unpaired) electrons. The smallest absolute Gasteiger partial charge is 0.0163 e. The molecule has 61 valence electrons. The Morgan fingerprint density at radius 1 is 0.909 bits per heavy atom. The zero-order valence-corrected chi connectivity index (χ0v) is 7.18. The van der Waals surface area contributed by atoms with Crippen molar-refractivity contribution in [2.45, 2.75) is 44.9 Å². The maximum absolute atomic E-state index is 3.31. The lowest BCUT2D eigenvalue weighted by Crippen LogP contribution is -1.75. The molecule has 0 aromatic heterocycles. The Labute approximate surface area is 70.0 Å². The predicted molar refractivity (Wildman–Crippen MR) is 49.3 cm³/mol. The summed E-state index contributed by atoms with van der Waals surface area (Å²) in [6.45, 7) is 0. The van der Waals surface area contributed by atoms with Crippen molar-refractivity contribution in [2.24, 2.45) is 0 Å². The largest absolute Gasteiger partial charge is 0.0882 e. The van der Waals surface area contributed by atoms with Gasteiger partial charge in [0.2, 0.25) is 0 Å². The fourth-order valence-corrected chi connectivity index (χ4v) is 1.31. The molecule has 0 saturated heterocycles. The molecule has 0 nitrogen and oxygen atoms in total. The van der Waals surface area contributed by atoms with E-state index in [0.717, 1.165) is 12.8 Å². The molecule has 11 heavy (non-hydrogen) atoms. The first-order chi connectivity index (χ1) is 5.50. The van der Waals surface area contributed by atoms with Gasteiger partial charge < -0.3 is 0 Å². The van der Waals surface area contributed by atoms with Crippen LogP contribution in [0.3, 0.4) is 0 Å². The molecule has 0 unspecified atom stereocenters. The molecule has 1 aliphatic carbocycles. The van der Waals surface area contributed by atoms with Crippen molar-refractivity contribution in [1.82, 2.24) is 0 Å². The summed E-state index contributed by atoms with van der Waals surface area (Å²) in [6, 6.07) is 0. The number of rotatable bonds is 0. The molecule has 1 aliphatic rings. The summed E-state index contributed by atoms with van der Waals surface area (Å²) < 4.78 is 0. The molecular weight excluding hydrogens is 132 g/mol. The van der Waals surface area contributed by atoms with Crippen LogP contribution in [-0.2, 0) is 0 Å². The van der Waals surface area contributed by atoms with E-state index < -0.39 is 0 Å². The highest BCUT2D eigenvalue weighted by molar-refractivity contribution is 4.90. The average molecular weight is 149 g/mol. The van der Waals surface area contributed by atoms with E-state index in [9.17, 15) is 0 Å². The fourth-order valence-electron chi connectivity index (χ4n) is 1.31. The minimum absolute atomic E-state index is 1.08. The standard InChI is InChI=1S/C11H17/c1-2-4-6-8-10-11-9-7-5-3-1/h1-2,5H,3-4,6,8-11H2/b2-1-,7-5?. The Hall–Kier alpha value is -0.520. The quantitative estimate of drug-likeness (QED) is 0.461. The minimum Gasteiger partial charge on any atom is -0.0882 e. The Morgan fingerprint density at radius 2 is 1.82 bits per heavy atom. The van der Waals surface area contributed by atoms with Gasteiger partial charge >= 0.3 is 0 Å². The molecule has 1 rings (SSSR count). The highest BCUT2D eigenvalue weighted by atomic mass is 13.9. The molecular formula is C11H17. The number of hydrogen-bond acceptors (Lipinski definition) is 0. The van der Waals surface area contributed by atoms with E-state index in [1.54, 1.807) is 0 Å². The normalized spacial score (nSPS) is 26.9. The summed E-state index contributed by atoms with van der Waals surface area (Å²) in [5, 5.41) is 0. The lowest BCUT2D eigenvalue weighted by atomic mass is 10.1. The maximum Gasteiger partial charge on any atom is -0.0163 e. The highest BCUT2D eigenvalue weighted by Crippen LogP contribution is 2.07. The van der Waals surface area contributed by atoms with Crippen molar-refractivity contribution in [3.05, 3.63) is 24.3 Å². The van der Waals surface area contributed by atoms with Gasteiger partial charge in [-0.05, 0) is 38.2 Å². The first kappa shape index (κ1) is 8.58. The van der Waals surface area contributed by atoms with Gasteiger partial charge in [-0.3, -0.25) is 0 Å². The summed E-state index contributed by atoms with van der Waals surface area (Å²) in [7, 11) is 0. The molecule has 0 heteroatoms. The van der Waals surface area contributed by atoms with E-state index in [0.29, 0.717) is 0 Å². The van der Waals surface area contributed by atoms with Crippen molar-refractivity contribution in [3.63, 3.8) is 0 Å². The van der Waals surface area contributed by atoms with E-state index in [1.807, 2.05) is 0 Å². The topological polar surface area (TPSA) is 0 Å². The number of hydrogen-bond donors (Lipinski definition) is 0. The van der Waals surface area contributed by atoms with E-state index in [1.165, 1.54) is 32.1 Å². The molecule has 0 saturated carbocycles. The van der Waals surface area contributed by atoms with Crippen molar-refractivity contribution >= 4 is 0 Å². The Bertz CT molecular complexity index is 115. The van der Waals surface area contributed by atoms with Gasteiger partial charge in [-0.15, -0.1) is 0 Å². The van der Waals surface area contributed by atoms with E-state index >= 15 is 0 Å². The van der Waals surface area contributed by atoms with Crippen LogP contribution in [0, 0.1) is 6.08 Å². The summed E-state index contributed by atoms with van der Waals surface area (Å²) in [5.41, 5.74) is 0. The van der Waals surface area contributed by atoms with Gasteiger partial charge in [-0.25, -0.2) is 0 Å². The van der Waals surface area contributed by atoms with E-state index in [4.69, 9.17) is 0 Å². The van der Waals surface area contributed by atoms with Gasteiger partial charge in [0.05, 0.1) is 0 Å². The lowest BCUT2D eigenvalue weighted by Gasteiger charge is -1.94. The van der Waals surface area contributed by atoms with Crippen molar-refractivity contribution in [1.29, 1.82) is 0 Å². The second kappa shape index (κ2) is 6.21. The Kier molecular flexibility index (Phi) is 4.84. The Morgan fingerprint density at radius 3 is 2.82 bits per heavy atom. The summed E-state index contributed by atoms with van der Waals surface area (Å²) >= 11 is 0. The van der Waals surface area contributed by atoms with Crippen LogP contribution in [0.2, 0.25) is 0 Å². The van der Waals surface area contributed by atoms with E-state index in [2.05, 4.69) is 24.3 Å². The van der Waals surface area contributed by atoms with Gasteiger partial charge in [0, 0.05) is 0 Å². The summed E-state index contributed by atoms with van der Waals surface area (Å²) in [5.74, 6) is 0. The minimum atomic E-state index is 1.08. The second-order valence-corrected chi connectivity index (χ2v) is 3.07. The molecule has 0 bridgehead atoms. The molecule has 0 aromatic rings. The van der Waals surface area contributed by atoms with Crippen molar-refractivity contribution in [2.75, 3.05) is 0 Å². The SMILES string of the molecule is [C]1=C\C/C=C\CCCCCC/1. The maximum atomic E-state index is 3.31. The van der Waals surface area contributed by atoms with Crippen LogP contribution in [0.5, 0.6) is 0 Å². The van der Waals surface area contributed by atoms with Crippen LogP contribution in [0.4, 0.5) is 0 Å². The highest BCUT2D eigenvalue weighted by Gasteiger charge is 1.88.